The first-order valence-corrected chi connectivity index (χ1v) is 11.8. The minimum Gasteiger partial charge on any atom is -0.329 e. The number of nitrogens with zero attached hydrogens (tertiary/aromatic N) is 1. The zero-order chi connectivity index (χ0) is 21.0. The lowest BCUT2D eigenvalue weighted by Crippen LogP contribution is -2.44. The predicted octanol–water partition coefficient (Wildman–Crippen LogP) is 5.12. The Morgan fingerprint density at radius 1 is 1.00 bits per heavy atom. The van der Waals surface area contributed by atoms with E-state index in [1.165, 1.54) is 28.7 Å². The smallest absolute Gasteiger partial charge is 0.251 e. The number of aromatic nitrogens is 1. The lowest BCUT2D eigenvalue weighted by Gasteiger charge is -2.40. The summed E-state index contributed by atoms with van der Waals surface area (Å²) in [6.45, 7) is 3.26. The Hall–Kier alpha value is -2.36. The van der Waals surface area contributed by atoms with E-state index in [0.29, 0.717) is 11.8 Å². The van der Waals surface area contributed by atoms with Gasteiger partial charge in [-0.05, 0) is 85.1 Å². The van der Waals surface area contributed by atoms with Gasteiger partial charge in [0, 0.05) is 34.7 Å². The van der Waals surface area contributed by atoms with Crippen LogP contribution in [0.25, 0.3) is 0 Å². The molecule has 0 unspecified atom stereocenters. The number of likely N-dealkylation sites (tertiary alicyclic amines) is 1. The molecule has 1 aliphatic heterocycles. The van der Waals surface area contributed by atoms with Crippen molar-refractivity contribution in [2.24, 2.45) is 5.92 Å². The van der Waals surface area contributed by atoms with Crippen molar-refractivity contribution in [2.75, 3.05) is 19.6 Å². The SMILES string of the molecule is O=c1[nH]cccc1CC1CCN(C[C@]23C[C@@H](c4ccccc42)c2ccc(Cl)cc23)CC1. The van der Waals surface area contributed by atoms with E-state index in [0.717, 1.165) is 49.5 Å². The van der Waals surface area contributed by atoms with Gasteiger partial charge in [0.25, 0.3) is 5.56 Å². The van der Waals surface area contributed by atoms with Gasteiger partial charge in [0.2, 0.25) is 0 Å². The largest absolute Gasteiger partial charge is 0.329 e. The van der Waals surface area contributed by atoms with E-state index in [2.05, 4.69) is 46.3 Å². The molecule has 3 aromatic rings. The molecule has 1 saturated heterocycles. The van der Waals surface area contributed by atoms with Crippen LogP contribution in [0, 0.1) is 5.92 Å². The van der Waals surface area contributed by atoms with Gasteiger partial charge < -0.3 is 9.88 Å². The Morgan fingerprint density at radius 2 is 1.81 bits per heavy atom. The molecule has 158 valence electrons. The maximum Gasteiger partial charge on any atom is 0.251 e. The average molecular weight is 431 g/mol. The molecule has 1 aromatic heterocycles. The Kier molecular flexibility index (Phi) is 4.59. The second-order valence-corrected chi connectivity index (χ2v) is 10.0. The van der Waals surface area contributed by atoms with Gasteiger partial charge in [-0.15, -0.1) is 0 Å². The molecule has 2 bridgehead atoms. The fraction of sp³-hybridized carbons (Fsp3) is 0.370. The summed E-state index contributed by atoms with van der Waals surface area (Å²) in [5.41, 5.74) is 6.99. The third-order valence-corrected chi connectivity index (χ3v) is 8.15. The second kappa shape index (κ2) is 7.36. The van der Waals surface area contributed by atoms with Gasteiger partial charge in [-0.3, -0.25) is 4.79 Å². The molecule has 0 amide bonds. The molecule has 1 fully saturated rings. The number of nitrogens with one attached hydrogen (secondary N) is 1. The van der Waals surface area contributed by atoms with E-state index in [4.69, 9.17) is 11.6 Å². The average Bonchev–Trinajstić information content (AvgIpc) is 3.28. The van der Waals surface area contributed by atoms with E-state index in [1.807, 2.05) is 18.2 Å². The Morgan fingerprint density at radius 3 is 2.65 bits per heavy atom. The fourth-order valence-electron chi connectivity index (χ4n) is 6.48. The van der Waals surface area contributed by atoms with E-state index in [1.54, 1.807) is 6.20 Å². The van der Waals surface area contributed by atoms with Crippen molar-refractivity contribution in [3.8, 4) is 0 Å². The number of H-pyrrole nitrogens is 1. The Labute approximate surface area is 188 Å². The molecule has 4 heteroatoms. The van der Waals surface area contributed by atoms with Crippen molar-refractivity contribution in [1.82, 2.24) is 9.88 Å². The third-order valence-electron chi connectivity index (χ3n) is 7.92. The van der Waals surface area contributed by atoms with Crippen molar-refractivity contribution in [3.63, 3.8) is 0 Å². The summed E-state index contributed by atoms with van der Waals surface area (Å²) in [5.74, 6) is 1.09. The molecule has 0 spiro atoms. The van der Waals surface area contributed by atoms with Gasteiger partial charge in [-0.2, -0.15) is 0 Å². The van der Waals surface area contributed by atoms with Crippen molar-refractivity contribution < 1.29 is 0 Å². The lowest BCUT2D eigenvalue weighted by molar-refractivity contribution is 0.158. The van der Waals surface area contributed by atoms with Gasteiger partial charge in [-0.1, -0.05) is 48.0 Å². The summed E-state index contributed by atoms with van der Waals surface area (Å²) in [4.78, 5) is 17.5. The van der Waals surface area contributed by atoms with Gasteiger partial charge in [0.05, 0.1) is 0 Å². The molecule has 6 rings (SSSR count). The number of pyridine rings is 1. The number of hydrogen-bond acceptors (Lipinski definition) is 2. The summed E-state index contributed by atoms with van der Waals surface area (Å²) in [6.07, 6.45) is 6.07. The van der Waals surface area contributed by atoms with Crippen LogP contribution in [0.15, 0.2) is 65.6 Å². The Balaban J connectivity index is 1.24. The van der Waals surface area contributed by atoms with Crippen LogP contribution in [0.1, 0.15) is 53.0 Å². The number of aromatic amines is 1. The highest BCUT2D eigenvalue weighted by Crippen LogP contribution is 2.60. The van der Waals surface area contributed by atoms with E-state index in [9.17, 15) is 4.79 Å². The van der Waals surface area contributed by atoms with Crippen LogP contribution in [0.3, 0.4) is 0 Å². The van der Waals surface area contributed by atoms with Crippen LogP contribution in [0.4, 0.5) is 0 Å². The molecule has 0 radical (unpaired) electrons. The first-order valence-electron chi connectivity index (χ1n) is 11.4. The topological polar surface area (TPSA) is 36.1 Å². The van der Waals surface area contributed by atoms with E-state index >= 15 is 0 Å². The molecule has 3 nitrogen and oxygen atoms in total. The molecule has 1 N–H and O–H groups in total. The standard InChI is InChI=1S/C27H27ClN2O/c28-20-7-8-22-23-16-27(25(22)15-20,24-6-2-1-5-21(23)24)17-30-12-9-18(10-13-30)14-19-4-3-11-29-26(19)31/h1-8,11,15,18,23H,9-10,12-14,16-17H2,(H,29,31)/t23-,27+/m0/s1. The number of piperidine rings is 1. The second-order valence-electron chi connectivity index (χ2n) is 9.61. The summed E-state index contributed by atoms with van der Waals surface area (Å²) < 4.78 is 0. The lowest BCUT2D eigenvalue weighted by atomic mass is 9.74. The number of halogens is 1. The molecule has 2 aliphatic carbocycles. The Bertz CT molecular complexity index is 1190. The molecule has 3 aliphatic rings. The third kappa shape index (κ3) is 3.09. The van der Waals surface area contributed by atoms with E-state index < -0.39 is 0 Å². The van der Waals surface area contributed by atoms with Gasteiger partial charge in [-0.25, -0.2) is 0 Å². The first kappa shape index (κ1) is 19.3. The van der Waals surface area contributed by atoms with Crippen molar-refractivity contribution >= 4 is 11.6 Å². The van der Waals surface area contributed by atoms with Gasteiger partial charge in [0.1, 0.15) is 0 Å². The fourth-order valence-corrected chi connectivity index (χ4v) is 6.65. The normalized spacial score (nSPS) is 24.9. The van der Waals surface area contributed by atoms with E-state index in [-0.39, 0.29) is 11.0 Å². The van der Waals surface area contributed by atoms with Crippen molar-refractivity contribution in [2.45, 2.75) is 37.0 Å². The van der Waals surface area contributed by atoms with Crippen molar-refractivity contribution in [1.29, 1.82) is 0 Å². The zero-order valence-corrected chi connectivity index (χ0v) is 18.4. The highest BCUT2D eigenvalue weighted by atomic mass is 35.5. The zero-order valence-electron chi connectivity index (χ0n) is 17.6. The van der Waals surface area contributed by atoms with Crippen molar-refractivity contribution in [3.05, 3.63) is 104 Å². The predicted molar refractivity (Wildman–Crippen MR) is 125 cm³/mol. The summed E-state index contributed by atoms with van der Waals surface area (Å²) in [6, 6.07) is 19.5. The quantitative estimate of drug-likeness (QED) is 0.623. The molecule has 0 saturated carbocycles. The number of hydrogen-bond donors (Lipinski definition) is 1. The summed E-state index contributed by atoms with van der Waals surface area (Å²) in [7, 11) is 0. The first-order chi connectivity index (χ1) is 15.1. The molecule has 2 heterocycles. The van der Waals surface area contributed by atoms with Crippen LogP contribution in [0.5, 0.6) is 0 Å². The molecule has 2 atom stereocenters. The molecular formula is C27H27ClN2O. The highest BCUT2D eigenvalue weighted by Gasteiger charge is 2.53. The maximum absolute atomic E-state index is 12.1. The van der Waals surface area contributed by atoms with Crippen LogP contribution < -0.4 is 5.56 Å². The number of rotatable bonds is 4. The van der Waals surface area contributed by atoms with Crippen LogP contribution in [-0.4, -0.2) is 29.5 Å². The molecule has 2 aromatic carbocycles. The molecule has 31 heavy (non-hydrogen) atoms. The number of benzene rings is 2. The monoisotopic (exact) mass is 430 g/mol. The van der Waals surface area contributed by atoms with Gasteiger partial charge >= 0.3 is 0 Å². The van der Waals surface area contributed by atoms with Crippen LogP contribution in [0.2, 0.25) is 5.02 Å². The molecular weight excluding hydrogens is 404 g/mol. The number of fused-ring (bicyclic) bond motifs is 8. The van der Waals surface area contributed by atoms with Gasteiger partial charge in [0.15, 0.2) is 0 Å². The summed E-state index contributed by atoms with van der Waals surface area (Å²) in [5, 5.41) is 0.843. The van der Waals surface area contributed by atoms with Crippen LogP contribution in [-0.2, 0) is 11.8 Å². The summed E-state index contributed by atoms with van der Waals surface area (Å²) >= 11 is 6.46. The van der Waals surface area contributed by atoms with Crippen LogP contribution >= 0.6 is 11.6 Å². The highest BCUT2D eigenvalue weighted by molar-refractivity contribution is 6.30. The maximum atomic E-state index is 12.1. The minimum atomic E-state index is 0.0604. The minimum absolute atomic E-state index is 0.0604.